The van der Waals surface area contributed by atoms with Crippen LogP contribution in [0.4, 0.5) is 0 Å². The molecule has 0 saturated carbocycles. The van der Waals surface area contributed by atoms with Crippen molar-refractivity contribution >= 4 is 40.1 Å². The number of likely N-dealkylation sites (tertiary alicyclic amines) is 1. The molecule has 2 aliphatic heterocycles. The zero-order valence-electron chi connectivity index (χ0n) is 15.0. The van der Waals surface area contributed by atoms with Gasteiger partial charge in [-0.25, -0.2) is 0 Å². The number of aliphatic hydroxyl groups is 1. The minimum absolute atomic E-state index is 0.0869. The summed E-state index contributed by atoms with van der Waals surface area (Å²) in [6.07, 6.45) is 0. The highest BCUT2D eigenvalue weighted by atomic mass is 32.1. The summed E-state index contributed by atoms with van der Waals surface area (Å²) in [5, 5.41) is 16.8. The number of fused-ring (bicyclic) bond motifs is 1. The second kappa shape index (κ2) is 7.06. The Kier molecular flexibility index (Phi) is 4.37. The van der Waals surface area contributed by atoms with Gasteiger partial charge in [0.25, 0.3) is 11.7 Å². The molecule has 1 amide bonds. The molecule has 0 radical (unpaired) electrons. The second-order valence-electron chi connectivity index (χ2n) is 6.63. The number of ether oxygens (including phenoxy) is 2. The lowest BCUT2D eigenvalue weighted by atomic mass is 9.97. The van der Waals surface area contributed by atoms with Crippen LogP contribution in [-0.4, -0.2) is 28.5 Å². The summed E-state index contributed by atoms with van der Waals surface area (Å²) in [6, 6.07) is 10.0. The average Bonchev–Trinajstić information content (AvgIpc) is 3.51. The first-order valence-corrected chi connectivity index (χ1v) is 10.7. The third kappa shape index (κ3) is 3.01. The average molecular weight is 425 g/mol. The summed E-state index contributed by atoms with van der Waals surface area (Å²) in [5.74, 6) is -0.445. The van der Waals surface area contributed by atoms with Crippen LogP contribution in [0.15, 0.2) is 58.1 Å². The molecule has 0 bridgehead atoms. The van der Waals surface area contributed by atoms with Gasteiger partial charge in [-0.3, -0.25) is 9.59 Å². The molecule has 2 aliphatic rings. The Morgan fingerprint density at radius 1 is 1.14 bits per heavy atom. The van der Waals surface area contributed by atoms with E-state index in [-0.39, 0.29) is 18.1 Å². The van der Waals surface area contributed by atoms with Crippen LogP contribution in [0.2, 0.25) is 0 Å². The number of carbonyl (C=O) groups excluding carboxylic acids is 2. The summed E-state index contributed by atoms with van der Waals surface area (Å²) in [7, 11) is 0. The molecule has 6 nitrogen and oxygen atoms in total. The number of carbonyl (C=O) groups is 2. The molecule has 1 fully saturated rings. The molecule has 0 spiro atoms. The smallest absolute Gasteiger partial charge is 0.295 e. The minimum Gasteiger partial charge on any atom is -0.507 e. The predicted molar refractivity (Wildman–Crippen MR) is 109 cm³/mol. The number of thiophene rings is 2. The van der Waals surface area contributed by atoms with Gasteiger partial charge in [-0.1, -0.05) is 6.07 Å². The van der Waals surface area contributed by atoms with Crippen LogP contribution in [0.5, 0.6) is 11.5 Å². The molecule has 146 valence electrons. The molecule has 29 heavy (non-hydrogen) atoms. The van der Waals surface area contributed by atoms with Crippen molar-refractivity contribution in [2.45, 2.75) is 12.6 Å². The van der Waals surface area contributed by atoms with E-state index in [4.69, 9.17) is 9.47 Å². The number of aliphatic hydroxyl groups excluding tert-OH is 1. The number of ketones is 1. The molecule has 3 aromatic rings. The lowest BCUT2D eigenvalue weighted by Gasteiger charge is -2.23. The van der Waals surface area contributed by atoms with Crippen LogP contribution in [0.3, 0.4) is 0 Å². The maximum absolute atomic E-state index is 12.9. The van der Waals surface area contributed by atoms with E-state index in [0.717, 1.165) is 10.4 Å². The number of Topliss-reactive ketones (excluding diaryl/α,β-unsaturated/α-hetero) is 1. The highest BCUT2D eigenvalue weighted by molar-refractivity contribution is 7.09. The molecule has 0 aliphatic carbocycles. The van der Waals surface area contributed by atoms with Gasteiger partial charge in [0.05, 0.1) is 18.2 Å². The predicted octanol–water partition coefficient (Wildman–Crippen LogP) is 4.16. The number of hydrogen-bond acceptors (Lipinski definition) is 7. The SMILES string of the molecule is O=C1C(=O)N(Cc2cccs2)C(c2ccsc2)/C1=C(\O)c1ccc2c(c1)OCO2. The Bertz CT molecular complexity index is 1120. The molecule has 1 N–H and O–H groups in total. The first-order chi connectivity index (χ1) is 14.1. The van der Waals surface area contributed by atoms with Crippen LogP contribution in [0.25, 0.3) is 5.76 Å². The van der Waals surface area contributed by atoms with Crippen molar-refractivity contribution in [2.75, 3.05) is 6.79 Å². The van der Waals surface area contributed by atoms with E-state index < -0.39 is 17.7 Å². The second-order valence-corrected chi connectivity index (χ2v) is 8.44. The Labute approximate surface area is 174 Å². The van der Waals surface area contributed by atoms with E-state index in [1.54, 1.807) is 18.2 Å². The molecule has 1 aromatic carbocycles. The van der Waals surface area contributed by atoms with Crippen LogP contribution >= 0.6 is 22.7 Å². The van der Waals surface area contributed by atoms with E-state index in [1.807, 2.05) is 34.3 Å². The molecule has 2 aromatic heterocycles. The van der Waals surface area contributed by atoms with E-state index >= 15 is 0 Å². The molecule has 8 heteroatoms. The van der Waals surface area contributed by atoms with E-state index in [1.165, 1.54) is 27.6 Å². The topological polar surface area (TPSA) is 76.1 Å². The molecule has 1 unspecified atom stereocenters. The van der Waals surface area contributed by atoms with Gasteiger partial charge >= 0.3 is 0 Å². The first kappa shape index (κ1) is 18.0. The Morgan fingerprint density at radius 2 is 2.00 bits per heavy atom. The quantitative estimate of drug-likeness (QED) is 0.386. The highest BCUT2D eigenvalue weighted by Gasteiger charge is 2.46. The third-order valence-electron chi connectivity index (χ3n) is 4.95. The summed E-state index contributed by atoms with van der Waals surface area (Å²) in [5.41, 5.74) is 1.29. The molecule has 5 rings (SSSR count). The molecular weight excluding hydrogens is 410 g/mol. The summed E-state index contributed by atoms with van der Waals surface area (Å²) in [4.78, 5) is 28.3. The fourth-order valence-electron chi connectivity index (χ4n) is 3.59. The highest BCUT2D eigenvalue weighted by Crippen LogP contribution is 2.42. The van der Waals surface area contributed by atoms with Crippen molar-refractivity contribution in [3.8, 4) is 11.5 Å². The van der Waals surface area contributed by atoms with Gasteiger partial charge < -0.3 is 19.5 Å². The monoisotopic (exact) mass is 425 g/mol. The zero-order valence-corrected chi connectivity index (χ0v) is 16.7. The van der Waals surface area contributed by atoms with Crippen LogP contribution < -0.4 is 9.47 Å². The van der Waals surface area contributed by atoms with Crippen molar-refractivity contribution in [1.82, 2.24) is 4.90 Å². The largest absolute Gasteiger partial charge is 0.507 e. The van der Waals surface area contributed by atoms with Gasteiger partial charge in [-0.05, 0) is 52.0 Å². The Morgan fingerprint density at radius 3 is 2.76 bits per heavy atom. The Balaban J connectivity index is 1.62. The molecule has 1 atom stereocenters. The number of nitrogens with zero attached hydrogens (tertiary/aromatic N) is 1. The minimum atomic E-state index is -0.687. The summed E-state index contributed by atoms with van der Waals surface area (Å²) < 4.78 is 10.7. The third-order valence-corrected chi connectivity index (χ3v) is 6.51. The van der Waals surface area contributed by atoms with Crippen molar-refractivity contribution < 1.29 is 24.2 Å². The number of benzene rings is 1. The van der Waals surface area contributed by atoms with Gasteiger partial charge in [0.1, 0.15) is 5.76 Å². The van der Waals surface area contributed by atoms with E-state index in [0.29, 0.717) is 23.6 Å². The standard InChI is InChI=1S/C21H15NO5S2/c23-19(12-3-4-15-16(8-12)27-11-26-15)17-18(13-5-7-28-10-13)22(21(25)20(17)24)9-14-2-1-6-29-14/h1-8,10,18,23H,9,11H2/b19-17+. The molecule has 4 heterocycles. The van der Waals surface area contributed by atoms with Gasteiger partial charge in [0.2, 0.25) is 6.79 Å². The number of hydrogen-bond donors (Lipinski definition) is 1. The van der Waals surface area contributed by atoms with E-state index in [9.17, 15) is 14.7 Å². The van der Waals surface area contributed by atoms with Crippen molar-refractivity contribution in [3.05, 3.63) is 74.1 Å². The van der Waals surface area contributed by atoms with Gasteiger partial charge in [-0.2, -0.15) is 11.3 Å². The van der Waals surface area contributed by atoms with Gasteiger partial charge in [-0.15, -0.1) is 11.3 Å². The number of amides is 1. The number of rotatable bonds is 4. The maximum atomic E-state index is 12.9. The van der Waals surface area contributed by atoms with Crippen molar-refractivity contribution in [1.29, 1.82) is 0 Å². The molecular formula is C21H15NO5S2. The summed E-state index contributed by atoms with van der Waals surface area (Å²) >= 11 is 3.00. The lowest BCUT2D eigenvalue weighted by molar-refractivity contribution is -0.140. The van der Waals surface area contributed by atoms with Crippen LogP contribution in [-0.2, 0) is 16.1 Å². The van der Waals surface area contributed by atoms with Crippen LogP contribution in [0, 0.1) is 0 Å². The fourth-order valence-corrected chi connectivity index (χ4v) is 4.97. The van der Waals surface area contributed by atoms with Crippen molar-refractivity contribution in [3.63, 3.8) is 0 Å². The zero-order chi connectivity index (χ0) is 20.0. The first-order valence-electron chi connectivity index (χ1n) is 8.86. The van der Waals surface area contributed by atoms with Gasteiger partial charge in [0, 0.05) is 10.4 Å². The maximum Gasteiger partial charge on any atom is 0.295 e. The Hall–Kier alpha value is -3.10. The van der Waals surface area contributed by atoms with Gasteiger partial charge in [0.15, 0.2) is 11.5 Å². The fraction of sp³-hybridized carbons (Fsp3) is 0.143. The lowest BCUT2D eigenvalue weighted by Crippen LogP contribution is -2.28. The molecule has 1 saturated heterocycles. The van der Waals surface area contributed by atoms with Crippen LogP contribution in [0.1, 0.15) is 22.0 Å². The van der Waals surface area contributed by atoms with Crippen molar-refractivity contribution in [2.24, 2.45) is 0 Å². The normalized spacial score (nSPS) is 19.9. The summed E-state index contributed by atoms with van der Waals surface area (Å²) in [6.45, 7) is 0.417. The van der Waals surface area contributed by atoms with E-state index in [2.05, 4.69) is 0 Å².